The molecule has 0 saturated carbocycles. The molecule has 0 spiro atoms. The molecule has 2 aliphatic heterocycles. The lowest BCUT2D eigenvalue weighted by atomic mass is 9.96. The highest BCUT2D eigenvalue weighted by molar-refractivity contribution is 6.39. The monoisotopic (exact) mass is 411 g/mol. The Kier molecular flexibility index (Phi) is 6.03. The van der Waals surface area contributed by atoms with Crippen molar-refractivity contribution in [1.29, 1.82) is 0 Å². The van der Waals surface area contributed by atoms with E-state index in [1.165, 1.54) is 16.8 Å². The van der Waals surface area contributed by atoms with Crippen LogP contribution in [0.4, 0.5) is 11.5 Å². The number of carbonyl (C=O) groups is 2. The second kappa shape index (κ2) is 8.87. The first-order valence-corrected chi connectivity index (χ1v) is 10.6. The van der Waals surface area contributed by atoms with Gasteiger partial charge in [-0.2, -0.15) is 0 Å². The van der Waals surface area contributed by atoms with Crippen molar-refractivity contribution < 1.29 is 14.1 Å². The van der Waals surface area contributed by atoms with Crippen molar-refractivity contribution in [1.82, 2.24) is 15.4 Å². The number of rotatable bonds is 5. The molecule has 160 valence electrons. The van der Waals surface area contributed by atoms with Crippen LogP contribution in [-0.4, -0.2) is 55.1 Å². The van der Waals surface area contributed by atoms with Gasteiger partial charge in [-0.3, -0.25) is 19.8 Å². The minimum atomic E-state index is -0.740. The van der Waals surface area contributed by atoms with Crippen LogP contribution in [-0.2, 0) is 16.0 Å². The van der Waals surface area contributed by atoms with Crippen LogP contribution in [0.2, 0.25) is 0 Å². The molecule has 4 rings (SSSR count). The largest absolute Gasteiger partial charge is 0.374 e. The van der Waals surface area contributed by atoms with E-state index in [1.54, 1.807) is 13.0 Å². The van der Waals surface area contributed by atoms with Crippen LogP contribution in [0.15, 0.2) is 28.8 Å². The van der Waals surface area contributed by atoms with Crippen molar-refractivity contribution in [2.75, 3.05) is 43.4 Å². The number of benzene rings is 1. The van der Waals surface area contributed by atoms with Gasteiger partial charge in [0.1, 0.15) is 5.76 Å². The second-order valence-corrected chi connectivity index (χ2v) is 8.16. The summed E-state index contributed by atoms with van der Waals surface area (Å²) in [6.07, 6.45) is 4.54. The average molecular weight is 412 g/mol. The summed E-state index contributed by atoms with van der Waals surface area (Å²) in [6, 6.07) is 8.25. The van der Waals surface area contributed by atoms with E-state index in [-0.39, 0.29) is 11.9 Å². The summed E-state index contributed by atoms with van der Waals surface area (Å²) in [4.78, 5) is 29.3. The van der Waals surface area contributed by atoms with Crippen LogP contribution in [0.5, 0.6) is 0 Å². The molecule has 1 saturated heterocycles. The number of hydrogen-bond donors (Lipinski definition) is 2. The molecule has 1 atom stereocenters. The maximum absolute atomic E-state index is 12.4. The van der Waals surface area contributed by atoms with Crippen LogP contribution < -0.4 is 15.5 Å². The highest BCUT2D eigenvalue weighted by Crippen LogP contribution is 2.31. The first-order chi connectivity index (χ1) is 14.5. The molecule has 8 heteroatoms. The molecule has 1 aromatic heterocycles. The summed E-state index contributed by atoms with van der Waals surface area (Å²) in [5, 5.41) is 8.97. The molecule has 2 amide bonds. The number of amides is 2. The van der Waals surface area contributed by atoms with Crippen LogP contribution >= 0.6 is 0 Å². The molecular formula is C22H29N5O3. The summed E-state index contributed by atoms with van der Waals surface area (Å²) >= 11 is 0. The molecule has 0 radical (unpaired) electrons. The minimum Gasteiger partial charge on any atom is -0.374 e. The molecule has 30 heavy (non-hydrogen) atoms. The van der Waals surface area contributed by atoms with Gasteiger partial charge in [0.25, 0.3) is 0 Å². The summed E-state index contributed by atoms with van der Waals surface area (Å²) in [7, 11) is 2.13. The van der Waals surface area contributed by atoms with Gasteiger partial charge >= 0.3 is 11.8 Å². The molecule has 1 unspecified atom stereocenters. The molecule has 2 N–H and O–H groups in total. The Morgan fingerprint density at radius 3 is 2.67 bits per heavy atom. The van der Waals surface area contributed by atoms with Crippen molar-refractivity contribution in [3.8, 4) is 0 Å². The van der Waals surface area contributed by atoms with Gasteiger partial charge in [0, 0.05) is 31.9 Å². The summed E-state index contributed by atoms with van der Waals surface area (Å²) in [6.45, 7) is 5.19. The number of hydrogen-bond acceptors (Lipinski definition) is 6. The van der Waals surface area contributed by atoms with Crippen LogP contribution in [0, 0.1) is 6.92 Å². The molecule has 2 aliphatic rings. The normalized spacial score (nSPS) is 17.5. The number of fused-ring (bicyclic) bond motifs is 1. The van der Waals surface area contributed by atoms with Gasteiger partial charge in [-0.1, -0.05) is 17.3 Å². The lowest BCUT2D eigenvalue weighted by Crippen LogP contribution is -2.41. The van der Waals surface area contributed by atoms with Gasteiger partial charge in [-0.15, -0.1) is 0 Å². The van der Waals surface area contributed by atoms with Gasteiger partial charge in [0.15, 0.2) is 5.82 Å². The number of likely N-dealkylation sites (tertiary alicyclic amines) is 1. The fourth-order valence-electron chi connectivity index (χ4n) is 4.39. The number of nitrogens with one attached hydrogen (secondary N) is 2. The third-order valence-corrected chi connectivity index (χ3v) is 5.95. The minimum absolute atomic E-state index is 0.0519. The molecular weight excluding hydrogens is 382 g/mol. The SMILES string of the molecule is Cc1cc(NC(=O)C(=O)NCC(c2ccc3c(c2)CCCN3C)N2CCCC2)no1. The van der Waals surface area contributed by atoms with E-state index in [0.717, 1.165) is 45.3 Å². The number of anilines is 2. The lowest BCUT2D eigenvalue weighted by molar-refractivity contribution is -0.136. The second-order valence-electron chi connectivity index (χ2n) is 8.16. The zero-order valence-electron chi connectivity index (χ0n) is 17.6. The zero-order valence-corrected chi connectivity index (χ0v) is 17.6. The zero-order chi connectivity index (χ0) is 21.1. The summed E-state index contributed by atoms with van der Waals surface area (Å²) in [5.74, 6) is -0.603. The van der Waals surface area contributed by atoms with Crippen LogP contribution in [0.3, 0.4) is 0 Å². The predicted molar refractivity (Wildman–Crippen MR) is 114 cm³/mol. The molecule has 1 fully saturated rings. The number of aromatic nitrogens is 1. The molecule has 0 bridgehead atoms. The Hall–Kier alpha value is -2.87. The van der Waals surface area contributed by atoms with Gasteiger partial charge in [-0.05, 0) is 62.9 Å². The molecule has 3 heterocycles. The molecule has 8 nitrogen and oxygen atoms in total. The van der Waals surface area contributed by atoms with E-state index < -0.39 is 11.8 Å². The third-order valence-electron chi connectivity index (χ3n) is 5.95. The third kappa shape index (κ3) is 4.48. The van der Waals surface area contributed by atoms with E-state index in [2.05, 4.69) is 50.8 Å². The molecule has 1 aromatic carbocycles. The van der Waals surface area contributed by atoms with E-state index in [4.69, 9.17) is 4.52 Å². The average Bonchev–Trinajstić information content (AvgIpc) is 3.40. The van der Waals surface area contributed by atoms with Crippen molar-refractivity contribution in [2.24, 2.45) is 0 Å². The van der Waals surface area contributed by atoms with Gasteiger partial charge in [0.05, 0.1) is 6.04 Å². The van der Waals surface area contributed by atoms with Crippen molar-refractivity contribution in [3.63, 3.8) is 0 Å². The van der Waals surface area contributed by atoms with E-state index in [1.807, 2.05) is 0 Å². The molecule has 2 aromatic rings. The highest BCUT2D eigenvalue weighted by Gasteiger charge is 2.26. The quantitative estimate of drug-likeness (QED) is 0.734. The number of aryl methyl sites for hydroxylation is 2. The standard InChI is InChI=1S/C22H29N5O3/c1-15-12-20(25-30-15)24-22(29)21(28)23-14-19(27-10-3-4-11-27)17-7-8-18-16(13-17)6-5-9-26(18)2/h7-8,12-13,19H,3-6,9-11,14H2,1-2H3,(H,23,28)(H,24,25,29). The van der Waals surface area contributed by atoms with Gasteiger partial charge in [0.2, 0.25) is 0 Å². The van der Waals surface area contributed by atoms with Crippen molar-refractivity contribution in [2.45, 2.75) is 38.6 Å². The maximum Gasteiger partial charge on any atom is 0.314 e. The Morgan fingerprint density at radius 2 is 1.93 bits per heavy atom. The maximum atomic E-state index is 12.4. The Balaban J connectivity index is 1.45. The Labute approximate surface area is 176 Å². The summed E-state index contributed by atoms with van der Waals surface area (Å²) in [5.41, 5.74) is 3.84. The lowest BCUT2D eigenvalue weighted by Gasteiger charge is -2.31. The number of carbonyl (C=O) groups excluding carboxylic acids is 2. The van der Waals surface area contributed by atoms with Gasteiger partial charge < -0.3 is 14.7 Å². The first-order valence-electron chi connectivity index (χ1n) is 10.6. The van der Waals surface area contributed by atoms with Crippen LogP contribution in [0.25, 0.3) is 0 Å². The Morgan fingerprint density at radius 1 is 1.13 bits per heavy atom. The van der Waals surface area contributed by atoms with Crippen molar-refractivity contribution in [3.05, 3.63) is 41.2 Å². The highest BCUT2D eigenvalue weighted by atomic mass is 16.5. The van der Waals surface area contributed by atoms with E-state index >= 15 is 0 Å². The Bertz CT molecular complexity index is 919. The first kappa shape index (κ1) is 20.4. The fourth-order valence-corrected chi connectivity index (χ4v) is 4.39. The smallest absolute Gasteiger partial charge is 0.314 e. The van der Waals surface area contributed by atoms with E-state index in [0.29, 0.717) is 12.3 Å². The van der Waals surface area contributed by atoms with Gasteiger partial charge in [-0.25, -0.2) is 0 Å². The summed E-state index contributed by atoms with van der Waals surface area (Å²) < 4.78 is 4.92. The van der Waals surface area contributed by atoms with Crippen molar-refractivity contribution >= 4 is 23.3 Å². The van der Waals surface area contributed by atoms with Crippen LogP contribution in [0.1, 0.15) is 42.2 Å². The predicted octanol–water partition coefficient (Wildman–Crippen LogP) is 2.26. The molecule has 0 aliphatic carbocycles. The van der Waals surface area contributed by atoms with E-state index in [9.17, 15) is 9.59 Å². The number of nitrogens with zero attached hydrogens (tertiary/aromatic N) is 3. The topological polar surface area (TPSA) is 90.7 Å². The fraction of sp³-hybridized carbons (Fsp3) is 0.500.